The summed E-state index contributed by atoms with van der Waals surface area (Å²) in [5.74, 6) is 0.926. The second-order valence-electron chi connectivity index (χ2n) is 8.25. The van der Waals surface area contributed by atoms with E-state index >= 15 is 0 Å². The molecule has 0 atom stereocenters. The maximum absolute atomic E-state index is 6.55. The molecule has 9 heteroatoms. The van der Waals surface area contributed by atoms with Gasteiger partial charge < -0.3 is 14.7 Å². The lowest BCUT2D eigenvalue weighted by molar-refractivity contribution is 0.300. The number of rotatable bonds is 8. The minimum Gasteiger partial charge on any atom is -0.368 e. The average Bonchev–Trinajstić information content (AvgIpc) is 3.20. The number of benzene rings is 1. The molecule has 0 bridgehead atoms. The van der Waals surface area contributed by atoms with Gasteiger partial charge in [0.05, 0.1) is 5.39 Å². The lowest BCUT2D eigenvalue weighted by Gasteiger charge is -2.38. The van der Waals surface area contributed by atoms with Crippen molar-refractivity contribution < 1.29 is 0 Å². The molecule has 1 aromatic carbocycles. The molecule has 1 fully saturated rings. The Bertz CT molecular complexity index is 1060. The highest BCUT2D eigenvalue weighted by molar-refractivity contribution is 9.10. The number of nitrogens with one attached hydrogen (secondary N) is 1. The molecular weight excluding hydrogens is 490 g/mol. The van der Waals surface area contributed by atoms with Gasteiger partial charge in [0, 0.05) is 36.9 Å². The van der Waals surface area contributed by atoms with E-state index in [0.29, 0.717) is 5.65 Å². The highest BCUT2D eigenvalue weighted by Gasteiger charge is 2.23. The van der Waals surface area contributed by atoms with Crippen LogP contribution in [0.5, 0.6) is 0 Å². The average molecular weight is 521 g/mol. The molecule has 0 spiro atoms. The minimum atomic E-state index is 0.685. The van der Waals surface area contributed by atoms with Gasteiger partial charge in [-0.15, -0.1) is 0 Å². The zero-order valence-corrected chi connectivity index (χ0v) is 21.4. The highest BCUT2D eigenvalue weighted by Crippen LogP contribution is 2.32. The van der Waals surface area contributed by atoms with E-state index in [0.717, 1.165) is 79.5 Å². The molecule has 2 aromatic heterocycles. The van der Waals surface area contributed by atoms with Crippen molar-refractivity contribution in [2.45, 2.75) is 33.6 Å². The Labute approximate surface area is 203 Å². The Morgan fingerprint density at radius 1 is 1.09 bits per heavy atom. The fraction of sp³-hybridized carbons (Fsp3) is 0.522. The third-order valence-electron chi connectivity index (χ3n) is 6.47. The van der Waals surface area contributed by atoms with Crippen molar-refractivity contribution in [3.05, 3.63) is 39.2 Å². The topological polar surface area (TPSA) is 64.2 Å². The number of hydrogen-bond acceptors (Lipinski definition) is 6. The zero-order valence-electron chi connectivity index (χ0n) is 19.0. The first-order valence-electron chi connectivity index (χ1n) is 11.4. The van der Waals surface area contributed by atoms with Crippen molar-refractivity contribution >= 4 is 50.1 Å². The maximum Gasteiger partial charge on any atom is 0.187 e. The Morgan fingerprint density at radius 2 is 1.81 bits per heavy atom. The number of hydrogen-bond donors (Lipinski definition) is 1. The number of aromatic amines is 1. The smallest absolute Gasteiger partial charge is 0.187 e. The van der Waals surface area contributed by atoms with Crippen molar-refractivity contribution in [2.24, 2.45) is 0 Å². The van der Waals surface area contributed by atoms with Crippen molar-refractivity contribution in [1.29, 1.82) is 0 Å². The van der Waals surface area contributed by atoms with E-state index in [1.165, 1.54) is 16.8 Å². The van der Waals surface area contributed by atoms with Crippen LogP contribution in [0.1, 0.15) is 31.4 Å². The lowest BCUT2D eigenvalue weighted by atomic mass is 10.0. The predicted molar refractivity (Wildman–Crippen MR) is 136 cm³/mol. The number of halogens is 2. The Hall–Kier alpha value is -1.90. The van der Waals surface area contributed by atoms with Crippen LogP contribution in [0.15, 0.2) is 23.1 Å². The second-order valence-corrected chi connectivity index (χ2v) is 9.48. The lowest BCUT2D eigenvalue weighted by Crippen LogP contribution is -2.47. The Kier molecular flexibility index (Phi) is 7.53. The van der Waals surface area contributed by atoms with Crippen LogP contribution in [0.3, 0.4) is 0 Å². The summed E-state index contributed by atoms with van der Waals surface area (Å²) in [5, 5.41) is 8.95. The van der Waals surface area contributed by atoms with E-state index in [1.54, 1.807) is 6.33 Å². The molecule has 0 saturated carbocycles. The molecule has 1 saturated heterocycles. The van der Waals surface area contributed by atoms with Crippen LogP contribution in [-0.2, 0) is 6.42 Å². The fourth-order valence-electron chi connectivity index (χ4n) is 4.55. The van der Waals surface area contributed by atoms with E-state index in [1.807, 2.05) is 0 Å². The summed E-state index contributed by atoms with van der Waals surface area (Å²) in [6, 6.07) is 4.27. The van der Waals surface area contributed by atoms with E-state index in [2.05, 4.69) is 83.7 Å². The van der Waals surface area contributed by atoms with Gasteiger partial charge in [-0.25, -0.2) is 9.97 Å². The van der Waals surface area contributed by atoms with Crippen LogP contribution in [0.25, 0.3) is 11.0 Å². The first-order chi connectivity index (χ1) is 15.5. The fourth-order valence-corrected chi connectivity index (χ4v) is 5.22. The van der Waals surface area contributed by atoms with Crippen molar-refractivity contribution in [2.75, 3.05) is 55.6 Å². The van der Waals surface area contributed by atoms with Gasteiger partial charge in [0.1, 0.15) is 16.7 Å². The van der Waals surface area contributed by atoms with Crippen LogP contribution in [0.2, 0.25) is 5.02 Å². The molecule has 0 aliphatic carbocycles. The quantitative estimate of drug-likeness (QED) is 0.465. The van der Waals surface area contributed by atoms with E-state index < -0.39 is 0 Å². The molecule has 1 aliphatic rings. The number of H-pyrrole nitrogens is 1. The zero-order chi connectivity index (χ0) is 22.7. The first kappa shape index (κ1) is 23.3. The predicted octanol–water partition coefficient (Wildman–Crippen LogP) is 4.68. The van der Waals surface area contributed by atoms with E-state index in [9.17, 15) is 0 Å². The van der Waals surface area contributed by atoms with Gasteiger partial charge in [0.2, 0.25) is 0 Å². The van der Waals surface area contributed by atoms with E-state index in [-0.39, 0.29) is 0 Å². The Morgan fingerprint density at radius 3 is 2.53 bits per heavy atom. The van der Waals surface area contributed by atoms with Gasteiger partial charge in [0.15, 0.2) is 5.65 Å². The van der Waals surface area contributed by atoms with Crippen LogP contribution in [0, 0.1) is 6.92 Å². The first-order valence-corrected chi connectivity index (χ1v) is 12.5. The number of fused-ring (bicyclic) bond motifs is 1. The molecule has 32 heavy (non-hydrogen) atoms. The standard InChI is InChI=1S/C23H31BrClN7/c1-4-30(5-2)8-6-7-17-13-18(25)14-19(16(17)3)31-9-11-32(12-10-31)23-20-21(24)28-29-22(20)26-15-27-23/h13-15H,4-12H2,1-3H3,(H,26,27,28,29). The SMILES string of the molecule is CCN(CC)CCCc1cc(Cl)cc(N2CCN(c3ncnc4n[nH]c(Br)c34)CC2)c1C. The van der Waals surface area contributed by atoms with Gasteiger partial charge in [-0.3, -0.25) is 5.10 Å². The van der Waals surface area contributed by atoms with Crippen molar-refractivity contribution in [3.63, 3.8) is 0 Å². The minimum absolute atomic E-state index is 0.685. The molecule has 1 N–H and O–H groups in total. The molecule has 1 aliphatic heterocycles. The van der Waals surface area contributed by atoms with Crippen LogP contribution in [-0.4, -0.2) is 70.9 Å². The molecule has 0 amide bonds. The van der Waals surface area contributed by atoms with Crippen LogP contribution < -0.4 is 9.80 Å². The van der Waals surface area contributed by atoms with Crippen LogP contribution >= 0.6 is 27.5 Å². The monoisotopic (exact) mass is 519 g/mol. The Balaban J connectivity index is 1.46. The molecule has 4 rings (SSSR count). The molecular formula is C23H31BrClN7. The summed E-state index contributed by atoms with van der Waals surface area (Å²) < 4.78 is 0.825. The summed E-state index contributed by atoms with van der Waals surface area (Å²) in [7, 11) is 0. The summed E-state index contributed by atoms with van der Waals surface area (Å²) in [4.78, 5) is 16.0. The summed E-state index contributed by atoms with van der Waals surface area (Å²) >= 11 is 10.1. The number of aromatic nitrogens is 4. The second kappa shape index (κ2) is 10.4. The molecule has 0 unspecified atom stereocenters. The largest absolute Gasteiger partial charge is 0.368 e. The maximum atomic E-state index is 6.55. The molecule has 3 heterocycles. The normalized spacial score (nSPS) is 14.7. The number of piperazine rings is 1. The summed E-state index contributed by atoms with van der Waals surface area (Å²) in [6.07, 6.45) is 3.80. The summed E-state index contributed by atoms with van der Waals surface area (Å²) in [5.41, 5.74) is 4.66. The molecule has 172 valence electrons. The highest BCUT2D eigenvalue weighted by atomic mass is 79.9. The number of aryl methyl sites for hydroxylation is 1. The van der Waals surface area contributed by atoms with Gasteiger partial charge in [0.25, 0.3) is 0 Å². The summed E-state index contributed by atoms with van der Waals surface area (Å²) in [6.45, 7) is 13.6. The van der Waals surface area contributed by atoms with E-state index in [4.69, 9.17) is 11.6 Å². The number of anilines is 2. The van der Waals surface area contributed by atoms with Gasteiger partial charge >= 0.3 is 0 Å². The van der Waals surface area contributed by atoms with Crippen molar-refractivity contribution in [3.8, 4) is 0 Å². The van der Waals surface area contributed by atoms with Gasteiger partial charge in [-0.1, -0.05) is 25.4 Å². The van der Waals surface area contributed by atoms with Crippen LogP contribution in [0.4, 0.5) is 11.5 Å². The van der Waals surface area contributed by atoms with Crippen molar-refractivity contribution in [1.82, 2.24) is 25.1 Å². The van der Waals surface area contributed by atoms with Gasteiger partial charge in [-0.2, -0.15) is 5.10 Å². The third kappa shape index (κ3) is 4.87. The molecule has 7 nitrogen and oxygen atoms in total. The molecule has 0 radical (unpaired) electrons. The van der Waals surface area contributed by atoms with Gasteiger partial charge in [-0.05, 0) is 78.6 Å². The molecule has 3 aromatic rings. The number of nitrogens with zero attached hydrogens (tertiary/aromatic N) is 6. The third-order valence-corrected chi connectivity index (χ3v) is 7.27.